The van der Waals surface area contributed by atoms with E-state index < -0.39 is 5.97 Å². The van der Waals surface area contributed by atoms with E-state index in [1.54, 1.807) is 0 Å². The lowest BCUT2D eigenvalue weighted by molar-refractivity contribution is 0.0699. The first-order chi connectivity index (χ1) is 8.17. The Morgan fingerprint density at radius 1 is 1.41 bits per heavy atom. The van der Waals surface area contributed by atoms with Crippen LogP contribution in [0.3, 0.4) is 0 Å². The van der Waals surface area contributed by atoms with Crippen molar-refractivity contribution in [1.82, 2.24) is 15.0 Å². The van der Waals surface area contributed by atoms with Crippen LogP contribution in [0.25, 0.3) is 11.0 Å². The molecule has 0 saturated heterocycles. The number of hydrogen-bond donors (Lipinski definition) is 2. The molecular weight excluding hydrogens is 218 g/mol. The molecule has 0 amide bonds. The summed E-state index contributed by atoms with van der Waals surface area (Å²) >= 11 is 0. The number of carboxylic acid groups (broad SMARTS) is 1. The van der Waals surface area contributed by atoms with Crippen molar-refractivity contribution in [1.29, 1.82) is 0 Å². The zero-order valence-corrected chi connectivity index (χ0v) is 9.95. The Hall–Kier alpha value is -1.91. The van der Waals surface area contributed by atoms with Crippen molar-refractivity contribution >= 4 is 17.0 Å². The third kappa shape index (κ3) is 2.00. The first-order valence-electron chi connectivity index (χ1n) is 5.77. The zero-order chi connectivity index (χ0) is 12.4. The molecule has 0 atom stereocenters. The maximum absolute atomic E-state index is 11.1. The summed E-state index contributed by atoms with van der Waals surface area (Å²) in [4.78, 5) is 22.8. The lowest BCUT2D eigenvalue weighted by Gasteiger charge is -2.04. The number of rotatable bonds is 4. The molecule has 2 rings (SSSR count). The van der Waals surface area contributed by atoms with E-state index in [1.165, 1.54) is 6.20 Å². The molecule has 2 aromatic heterocycles. The van der Waals surface area contributed by atoms with Crippen LogP contribution < -0.4 is 0 Å². The van der Waals surface area contributed by atoms with E-state index in [0.29, 0.717) is 17.5 Å². The van der Waals surface area contributed by atoms with E-state index in [0.717, 1.165) is 24.4 Å². The molecule has 0 radical (unpaired) electrons. The van der Waals surface area contributed by atoms with Gasteiger partial charge in [-0.05, 0) is 12.8 Å². The van der Waals surface area contributed by atoms with Gasteiger partial charge in [-0.2, -0.15) is 0 Å². The van der Waals surface area contributed by atoms with Gasteiger partial charge in [0.25, 0.3) is 0 Å². The van der Waals surface area contributed by atoms with Gasteiger partial charge in [0, 0.05) is 12.6 Å². The normalized spacial score (nSPS) is 10.9. The molecule has 0 aromatic carbocycles. The number of aryl methyl sites for hydroxylation is 2. The molecule has 2 N–H and O–H groups in total. The molecule has 90 valence electrons. The van der Waals surface area contributed by atoms with Crippen LogP contribution in [-0.2, 0) is 12.8 Å². The molecule has 2 aromatic rings. The molecule has 5 nitrogen and oxygen atoms in total. The van der Waals surface area contributed by atoms with Gasteiger partial charge in [-0.15, -0.1) is 0 Å². The van der Waals surface area contributed by atoms with Crippen molar-refractivity contribution < 1.29 is 9.90 Å². The number of aromatic nitrogens is 3. The Morgan fingerprint density at radius 3 is 2.76 bits per heavy atom. The Balaban J connectivity index is 2.66. The van der Waals surface area contributed by atoms with Crippen LogP contribution in [0.2, 0.25) is 0 Å². The number of aromatic amines is 1. The van der Waals surface area contributed by atoms with Crippen molar-refractivity contribution in [2.24, 2.45) is 0 Å². The van der Waals surface area contributed by atoms with Crippen molar-refractivity contribution in [2.45, 2.75) is 33.1 Å². The number of nitrogens with zero attached hydrogens (tertiary/aromatic N) is 2. The Labute approximate surface area is 98.9 Å². The molecule has 0 aliphatic heterocycles. The minimum absolute atomic E-state index is 0.250. The average molecular weight is 233 g/mol. The van der Waals surface area contributed by atoms with Crippen LogP contribution in [0, 0.1) is 0 Å². The summed E-state index contributed by atoms with van der Waals surface area (Å²) in [6.07, 6.45) is 3.97. The van der Waals surface area contributed by atoms with Crippen LogP contribution in [0.4, 0.5) is 0 Å². The molecule has 0 aliphatic carbocycles. The minimum Gasteiger partial charge on any atom is -0.478 e. The second kappa shape index (κ2) is 4.53. The molecule has 5 heteroatoms. The molecule has 0 aliphatic rings. The predicted octanol–water partition coefficient (Wildman–Crippen LogP) is 2.17. The number of carbonyl (C=O) groups is 1. The average Bonchev–Trinajstić information content (AvgIpc) is 2.72. The summed E-state index contributed by atoms with van der Waals surface area (Å²) in [6, 6.07) is 0. The van der Waals surface area contributed by atoms with Crippen molar-refractivity contribution in [3.63, 3.8) is 0 Å². The molecular formula is C12H15N3O2. The quantitative estimate of drug-likeness (QED) is 0.848. The predicted molar refractivity (Wildman–Crippen MR) is 64.2 cm³/mol. The lowest BCUT2D eigenvalue weighted by atomic mass is 10.1. The molecule has 0 saturated carbocycles. The number of H-pyrrole nitrogens is 1. The molecule has 0 fully saturated rings. The smallest absolute Gasteiger partial charge is 0.338 e. The fourth-order valence-electron chi connectivity index (χ4n) is 1.92. The number of fused-ring (bicyclic) bond motifs is 1. The van der Waals surface area contributed by atoms with E-state index in [-0.39, 0.29) is 5.56 Å². The highest BCUT2D eigenvalue weighted by Gasteiger charge is 2.16. The highest BCUT2D eigenvalue weighted by molar-refractivity contribution is 6.03. The topological polar surface area (TPSA) is 78.9 Å². The Kier molecular flexibility index (Phi) is 3.08. The van der Waals surface area contributed by atoms with Crippen LogP contribution in [0.5, 0.6) is 0 Å². The highest BCUT2D eigenvalue weighted by Crippen LogP contribution is 2.21. The van der Waals surface area contributed by atoms with Gasteiger partial charge >= 0.3 is 5.97 Å². The Morgan fingerprint density at radius 2 is 2.18 bits per heavy atom. The third-order valence-electron chi connectivity index (χ3n) is 2.69. The fourth-order valence-corrected chi connectivity index (χ4v) is 1.92. The third-order valence-corrected chi connectivity index (χ3v) is 2.69. The van der Waals surface area contributed by atoms with Crippen LogP contribution >= 0.6 is 0 Å². The van der Waals surface area contributed by atoms with Crippen LogP contribution in [-0.4, -0.2) is 26.0 Å². The van der Waals surface area contributed by atoms with Gasteiger partial charge in [-0.1, -0.05) is 13.8 Å². The van der Waals surface area contributed by atoms with E-state index in [9.17, 15) is 4.79 Å². The zero-order valence-electron chi connectivity index (χ0n) is 9.95. The van der Waals surface area contributed by atoms with Gasteiger partial charge < -0.3 is 10.1 Å². The lowest BCUT2D eigenvalue weighted by Crippen LogP contribution is -2.02. The number of hydrogen-bond acceptors (Lipinski definition) is 3. The maximum atomic E-state index is 11.1. The standard InChI is InChI=1S/C12H15N3O2/c1-3-5-9-14-8(4-2)10-7(12(16)17)6-13-11(10)15-9/h6H,3-5H2,1-2H3,(H,16,17)(H,13,14,15). The van der Waals surface area contributed by atoms with E-state index >= 15 is 0 Å². The van der Waals surface area contributed by atoms with Crippen LogP contribution in [0.1, 0.15) is 42.1 Å². The SMILES string of the molecule is CCCc1nc(CC)c2c(C(=O)O)c[nH]c2n1. The molecule has 0 bridgehead atoms. The fraction of sp³-hybridized carbons (Fsp3) is 0.417. The number of nitrogens with one attached hydrogen (secondary N) is 1. The minimum atomic E-state index is -0.946. The second-order valence-electron chi connectivity index (χ2n) is 3.92. The van der Waals surface area contributed by atoms with Gasteiger partial charge in [0.2, 0.25) is 0 Å². The Bertz CT molecular complexity index is 560. The summed E-state index contributed by atoms with van der Waals surface area (Å²) in [5.41, 5.74) is 1.68. The first kappa shape index (κ1) is 11.6. The van der Waals surface area contributed by atoms with Crippen molar-refractivity contribution in [2.75, 3.05) is 0 Å². The van der Waals surface area contributed by atoms with Crippen molar-refractivity contribution in [3.8, 4) is 0 Å². The molecule has 17 heavy (non-hydrogen) atoms. The summed E-state index contributed by atoms with van der Waals surface area (Å²) in [6.45, 7) is 4.03. The molecule has 2 heterocycles. The van der Waals surface area contributed by atoms with Gasteiger partial charge in [0.1, 0.15) is 11.5 Å². The summed E-state index contributed by atoms with van der Waals surface area (Å²) in [5, 5.41) is 9.73. The van der Waals surface area contributed by atoms with E-state index in [2.05, 4.69) is 21.9 Å². The molecule has 0 spiro atoms. The number of aromatic carboxylic acids is 1. The maximum Gasteiger partial charge on any atom is 0.338 e. The highest BCUT2D eigenvalue weighted by atomic mass is 16.4. The van der Waals surface area contributed by atoms with Crippen molar-refractivity contribution in [3.05, 3.63) is 23.3 Å². The second-order valence-corrected chi connectivity index (χ2v) is 3.92. The number of carboxylic acids is 1. The summed E-state index contributed by atoms with van der Waals surface area (Å²) < 4.78 is 0. The monoisotopic (exact) mass is 233 g/mol. The van der Waals surface area contributed by atoms with E-state index in [1.807, 2.05) is 6.92 Å². The van der Waals surface area contributed by atoms with Crippen LogP contribution in [0.15, 0.2) is 6.20 Å². The summed E-state index contributed by atoms with van der Waals surface area (Å²) in [5.74, 6) is -0.173. The van der Waals surface area contributed by atoms with Gasteiger partial charge in [-0.25, -0.2) is 14.8 Å². The summed E-state index contributed by atoms with van der Waals surface area (Å²) in [7, 11) is 0. The van der Waals surface area contributed by atoms with Gasteiger partial charge in [0.15, 0.2) is 0 Å². The first-order valence-corrected chi connectivity index (χ1v) is 5.77. The van der Waals surface area contributed by atoms with Gasteiger partial charge in [0.05, 0.1) is 16.6 Å². The largest absolute Gasteiger partial charge is 0.478 e. The molecule has 0 unspecified atom stereocenters. The van der Waals surface area contributed by atoms with Gasteiger partial charge in [-0.3, -0.25) is 0 Å². The van der Waals surface area contributed by atoms with E-state index in [4.69, 9.17) is 5.11 Å².